The Kier molecular flexibility index (Phi) is 17.4. The van der Waals surface area contributed by atoms with Crippen molar-refractivity contribution in [1.29, 1.82) is 0 Å². The fourth-order valence-corrected chi connectivity index (χ4v) is 9.06. The molecule has 1 saturated heterocycles. The number of amides is 2. The molecule has 2 aromatic heterocycles. The summed E-state index contributed by atoms with van der Waals surface area (Å²) < 4.78 is 62.2. The minimum atomic E-state index is -5.60. The highest BCUT2D eigenvalue weighted by molar-refractivity contribution is 8.13. The number of aromatic nitrogens is 4. The zero-order valence-electron chi connectivity index (χ0n) is 32.7. The number of phosphoric acid groups is 3. The maximum absolute atomic E-state index is 12.7. The van der Waals surface area contributed by atoms with E-state index < -0.39 is 101 Å². The number of ether oxygens (including phenoxy) is 1. The van der Waals surface area contributed by atoms with Gasteiger partial charge in [0.25, 0.3) is 0 Å². The van der Waals surface area contributed by atoms with Gasteiger partial charge in [0, 0.05) is 48.3 Å². The summed E-state index contributed by atoms with van der Waals surface area (Å²) in [4.78, 5) is 101. The van der Waals surface area contributed by atoms with E-state index in [0.717, 1.165) is 29.0 Å². The number of carbonyl (C=O) groups excluding carboxylic acids is 4. The number of benzene rings is 1. The number of carbonyl (C=O) groups is 4. The van der Waals surface area contributed by atoms with Crippen molar-refractivity contribution >= 4 is 80.6 Å². The number of fused-ring (bicyclic) bond motifs is 1. The summed E-state index contributed by atoms with van der Waals surface area (Å²) in [6.07, 6.45) is -7.40. The Labute approximate surface area is 355 Å². The number of Topliss-reactive ketones (excluding diaryl/α,β-unsaturated/α-hetero) is 1. The molecule has 4 rings (SSSR count). The molecule has 31 heteroatoms. The van der Waals surface area contributed by atoms with E-state index in [-0.39, 0.29) is 59.9 Å². The SMILES string of the molecule is CC(C)(COP(=O)(O)OP(=O)(O)OCC1OC(n2cnc3c(N)ncnc32)C(O)C1OP(=O)(O)O)C(O)C(=O)NCCC(=O)NCCSC(=O)C(N)CC(=O)c1ccccc1N. The Hall–Kier alpha value is -3.79. The molecule has 8 atom stereocenters. The van der Waals surface area contributed by atoms with Crippen LogP contribution in [0.3, 0.4) is 0 Å². The van der Waals surface area contributed by atoms with E-state index in [2.05, 4.69) is 34.4 Å². The lowest BCUT2D eigenvalue weighted by atomic mass is 9.87. The summed E-state index contributed by atoms with van der Waals surface area (Å²) in [6, 6.07) is 5.26. The minimum Gasteiger partial charge on any atom is -0.398 e. The molecule has 1 fully saturated rings. The normalized spacial score (nSPS) is 21.1. The third kappa shape index (κ3) is 14.4. The quantitative estimate of drug-likeness (QED) is 0.0231. The number of para-hydroxylation sites is 1. The molecule has 0 aliphatic carbocycles. The van der Waals surface area contributed by atoms with Crippen molar-refractivity contribution in [1.82, 2.24) is 30.2 Å². The van der Waals surface area contributed by atoms with Crippen molar-refractivity contribution in [3.8, 4) is 0 Å². The first-order valence-electron chi connectivity index (χ1n) is 18.0. The van der Waals surface area contributed by atoms with Crippen molar-refractivity contribution in [2.75, 3.05) is 43.5 Å². The van der Waals surface area contributed by atoms with Gasteiger partial charge in [0.15, 0.2) is 23.5 Å². The van der Waals surface area contributed by atoms with Gasteiger partial charge in [-0.15, -0.1) is 0 Å². The van der Waals surface area contributed by atoms with Crippen molar-refractivity contribution in [3.05, 3.63) is 42.5 Å². The Morgan fingerprint density at radius 1 is 1.00 bits per heavy atom. The van der Waals surface area contributed by atoms with Crippen LogP contribution in [-0.2, 0) is 50.7 Å². The van der Waals surface area contributed by atoms with Gasteiger partial charge >= 0.3 is 23.5 Å². The van der Waals surface area contributed by atoms with E-state index in [0.29, 0.717) is 0 Å². The average molecular weight is 958 g/mol. The van der Waals surface area contributed by atoms with Crippen molar-refractivity contribution in [3.63, 3.8) is 0 Å². The molecule has 2 amide bonds. The lowest BCUT2D eigenvalue weighted by Crippen LogP contribution is -2.46. The van der Waals surface area contributed by atoms with Crippen LogP contribution in [0.15, 0.2) is 36.9 Å². The summed E-state index contributed by atoms with van der Waals surface area (Å²) in [5, 5.41) is 25.9. The maximum atomic E-state index is 12.7. The van der Waals surface area contributed by atoms with Crippen LogP contribution in [0.4, 0.5) is 11.5 Å². The van der Waals surface area contributed by atoms with Crippen LogP contribution < -0.4 is 27.8 Å². The molecule has 344 valence electrons. The summed E-state index contributed by atoms with van der Waals surface area (Å²) in [6.45, 7) is 0.146. The molecule has 14 N–H and O–H groups in total. The predicted octanol–water partition coefficient (Wildman–Crippen LogP) is -1.15. The summed E-state index contributed by atoms with van der Waals surface area (Å²) >= 11 is 0.811. The second-order valence-electron chi connectivity index (χ2n) is 14.1. The molecule has 3 heterocycles. The number of rotatable bonds is 23. The fraction of sp³-hybridized carbons (Fsp3) is 0.516. The van der Waals surface area contributed by atoms with E-state index in [1.165, 1.54) is 19.9 Å². The van der Waals surface area contributed by atoms with Gasteiger partial charge < -0.3 is 62.4 Å². The van der Waals surface area contributed by atoms with Gasteiger partial charge in [-0.3, -0.25) is 37.3 Å². The van der Waals surface area contributed by atoms with E-state index in [9.17, 15) is 62.7 Å². The van der Waals surface area contributed by atoms with Gasteiger partial charge in [-0.1, -0.05) is 37.7 Å². The number of nitrogens with zero attached hydrogens (tertiary/aromatic N) is 4. The maximum Gasteiger partial charge on any atom is 0.481 e. The van der Waals surface area contributed by atoms with Crippen LogP contribution >= 0.6 is 35.2 Å². The highest BCUT2D eigenvalue weighted by Crippen LogP contribution is 2.61. The minimum absolute atomic E-state index is 0.0180. The van der Waals surface area contributed by atoms with Gasteiger partial charge in [0.1, 0.15) is 36.3 Å². The lowest BCUT2D eigenvalue weighted by Gasteiger charge is -2.30. The molecule has 0 bridgehead atoms. The van der Waals surface area contributed by atoms with Crippen LogP contribution in [0.25, 0.3) is 11.2 Å². The monoisotopic (exact) mass is 957 g/mol. The van der Waals surface area contributed by atoms with Gasteiger partial charge in [-0.2, -0.15) is 4.31 Å². The van der Waals surface area contributed by atoms with Gasteiger partial charge in [0.2, 0.25) is 16.9 Å². The largest absolute Gasteiger partial charge is 0.481 e. The molecular weight excluding hydrogens is 911 g/mol. The Balaban J connectivity index is 1.19. The molecule has 27 nitrogen and oxygen atoms in total. The number of aliphatic hydroxyl groups is 2. The number of nitrogens with two attached hydrogens (primary N) is 3. The van der Waals surface area contributed by atoms with Crippen molar-refractivity contribution < 1.29 is 85.3 Å². The first-order chi connectivity index (χ1) is 28.8. The van der Waals surface area contributed by atoms with E-state index in [1.54, 1.807) is 18.2 Å². The first kappa shape index (κ1) is 50.9. The van der Waals surface area contributed by atoms with E-state index in [1.807, 2.05) is 0 Å². The summed E-state index contributed by atoms with van der Waals surface area (Å²) in [5.41, 5.74) is 16.3. The number of aliphatic hydroxyl groups excluding tert-OH is 2. The first-order valence-corrected chi connectivity index (χ1v) is 23.5. The number of anilines is 2. The standard InChI is InChI=1S/C31H46N9O18P3S/c1-31(2,25(44)28(45)36-8-7-21(42)35-9-10-62-30(46)18(33)11-19(41)16-5-3-4-6-17(16)32)13-55-61(52,53)58-60(50,51)54-12-20-24(57-59(47,48)49)23(43)29(56-20)40-15-39-22-26(34)37-14-38-27(22)40/h3-6,14-15,18,20,23-25,29,43-44H,7-13,32-33H2,1-2H3,(H,35,42)(H,36,45)(H,50,51)(H,52,53)(H2,34,37,38)(H2,47,48,49). The van der Waals surface area contributed by atoms with Crippen molar-refractivity contribution in [2.45, 2.75) is 63.4 Å². The van der Waals surface area contributed by atoms with Gasteiger partial charge in [-0.05, 0) is 12.1 Å². The molecule has 1 aliphatic rings. The van der Waals surface area contributed by atoms with E-state index >= 15 is 0 Å². The molecule has 3 aromatic rings. The molecule has 0 saturated carbocycles. The van der Waals surface area contributed by atoms with Gasteiger partial charge in [-0.25, -0.2) is 28.6 Å². The topological polar surface area (TPSA) is 433 Å². The summed E-state index contributed by atoms with van der Waals surface area (Å²) in [7, 11) is -16.5. The smallest absolute Gasteiger partial charge is 0.398 e. The van der Waals surface area contributed by atoms with E-state index in [4.69, 9.17) is 31.0 Å². The average Bonchev–Trinajstić information content (AvgIpc) is 3.74. The van der Waals surface area contributed by atoms with Crippen LogP contribution in [0.2, 0.25) is 0 Å². The molecule has 0 spiro atoms. The Morgan fingerprint density at radius 3 is 2.35 bits per heavy atom. The third-order valence-electron chi connectivity index (χ3n) is 8.72. The number of nitrogen functional groups attached to an aromatic ring is 2. The van der Waals surface area contributed by atoms with Crippen molar-refractivity contribution in [2.24, 2.45) is 11.1 Å². The zero-order valence-corrected chi connectivity index (χ0v) is 36.2. The highest BCUT2D eigenvalue weighted by atomic mass is 32.2. The van der Waals surface area contributed by atoms with Crippen LogP contribution in [0.5, 0.6) is 0 Å². The van der Waals surface area contributed by atoms with Gasteiger partial charge in [0.05, 0.1) is 25.6 Å². The summed E-state index contributed by atoms with van der Waals surface area (Å²) in [5.74, 6) is -1.88. The number of hydrogen-bond acceptors (Lipinski definition) is 21. The fourth-order valence-electron chi connectivity index (χ4n) is 5.53. The van der Waals surface area contributed by atoms with Crippen LogP contribution in [0.1, 0.15) is 43.3 Å². The second-order valence-corrected chi connectivity index (χ2v) is 19.4. The second kappa shape index (κ2) is 21.3. The molecule has 1 aliphatic heterocycles. The number of thioether (sulfide) groups is 1. The highest BCUT2D eigenvalue weighted by Gasteiger charge is 2.50. The van der Waals surface area contributed by atoms with Crippen LogP contribution in [0, 0.1) is 5.41 Å². The predicted molar refractivity (Wildman–Crippen MR) is 215 cm³/mol. The zero-order chi connectivity index (χ0) is 46.2. The molecule has 8 unspecified atom stereocenters. The third-order valence-corrected chi connectivity index (χ3v) is 12.8. The number of ketones is 1. The molecular formula is C31H46N9O18P3S. The Bertz CT molecular complexity index is 2250. The molecule has 62 heavy (non-hydrogen) atoms. The number of nitrogens with one attached hydrogen (secondary N) is 2. The molecule has 1 aromatic carbocycles. The molecule has 0 radical (unpaired) electrons. The Morgan fingerprint density at radius 2 is 1.68 bits per heavy atom. The van der Waals surface area contributed by atoms with Crippen LogP contribution in [-0.4, -0.2) is 135 Å². The number of hydrogen-bond donors (Lipinski definition) is 11. The number of phosphoric ester groups is 3. The number of imidazole rings is 1. The lowest BCUT2D eigenvalue weighted by molar-refractivity contribution is -0.137.